The first-order valence-electron chi connectivity index (χ1n) is 8.60. The lowest BCUT2D eigenvalue weighted by molar-refractivity contribution is 0.0959. The number of aromatic amines is 1. The molecule has 0 unspecified atom stereocenters. The number of carbonyl (C=O) groups is 1. The van der Waals surface area contributed by atoms with Gasteiger partial charge in [-0.1, -0.05) is 24.3 Å². The molecule has 0 saturated carbocycles. The molecule has 0 aliphatic carbocycles. The maximum absolute atomic E-state index is 13.9. The quantitative estimate of drug-likeness (QED) is 0.653. The van der Waals surface area contributed by atoms with Crippen LogP contribution in [0.4, 0.5) is 8.78 Å². The number of hydrogen-bond acceptors (Lipinski definition) is 2. The van der Waals surface area contributed by atoms with Crippen molar-refractivity contribution in [2.24, 2.45) is 0 Å². The summed E-state index contributed by atoms with van der Waals surface area (Å²) in [7, 11) is 1.50. The van der Waals surface area contributed by atoms with Crippen LogP contribution in [0, 0.1) is 11.6 Å². The van der Waals surface area contributed by atoms with E-state index in [-0.39, 0.29) is 22.9 Å². The third kappa shape index (κ3) is 3.75. The van der Waals surface area contributed by atoms with Crippen LogP contribution in [0.3, 0.4) is 0 Å². The zero-order chi connectivity index (χ0) is 18.5. The fraction of sp³-hybridized carbons (Fsp3) is 0.250. The second-order valence-corrected chi connectivity index (χ2v) is 6.08. The molecule has 1 saturated heterocycles. The van der Waals surface area contributed by atoms with Gasteiger partial charge in [0.25, 0.3) is 5.91 Å². The van der Waals surface area contributed by atoms with Crippen LogP contribution in [0.2, 0.25) is 0 Å². The van der Waals surface area contributed by atoms with E-state index in [2.05, 4.69) is 15.6 Å². The standard InChI is InChI=1S/C16H12F2N2O.C4H9N/c1-19-16(21)15-13(9-5-7-10(17)8-6-9)11-3-2-4-12(18)14(11)20-15;1-2-4-5-3-1/h2-8,20H,1H3,(H,19,21);5H,1-4H2. The summed E-state index contributed by atoms with van der Waals surface area (Å²) >= 11 is 0. The van der Waals surface area contributed by atoms with E-state index < -0.39 is 5.82 Å². The molecule has 0 bridgehead atoms. The van der Waals surface area contributed by atoms with Gasteiger partial charge in [0.2, 0.25) is 0 Å². The number of benzene rings is 2. The van der Waals surface area contributed by atoms with Crippen LogP contribution in [-0.4, -0.2) is 31.0 Å². The number of carbonyl (C=O) groups excluding carboxylic acids is 1. The minimum Gasteiger partial charge on any atom is -0.354 e. The molecule has 6 heteroatoms. The highest BCUT2D eigenvalue weighted by atomic mass is 19.1. The third-order valence-corrected chi connectivity index (χ3v) is 4.33. The van der Waals surface area contributed by atoms with Crippen LogP contribution in [0.5, 0.6) is 0 Å². The van der Waals surface area contributed by atoms with Crippen molar-refractivity contribution in [3.05, 3.63) is 59.8 Å². The number of aromatic nitrogens is 1. The first-order valence-corrected chi connectivity index (χ1v) is 8.60. The van der Waals surface area contributed by atoms with Gasteiger partial charge in [0.1, 0.15) is 17.3 Å². The minimum atomic E-state index is -0.439. The van der Waals surface area contributed by atoms with Crippen molar-refractivity contribution in [3.8, 4) is 11.1 Å². The monoisotopic (exact) mass is 357 g/mol. The fourth-order valence-corrected chi connectivity index (χ4v) is 3.02. The Hall–Kier alpha value is -2.73. The van der Waals surface area contributed by atoms with Gasteiger partial charge in [0, 0.05) is 18.0 Å². The molecule has 1 amide bonds. The fourth-order valence-electron chi connectivity index (χ4n) is 3.02. The van der Waals surface area contributed by atoms with E-state index in [0.29, 0.717) is 16.5 Å². The first kappa shape index (κ1) is 18.1. The van der Waals surface area contributed by atoms with Gasteiger partial charge in [-0.05, 0) is 49.7 Å². The smallest absolute Gasteiger partial charge is 0.268 e. The Morgan fingerprint density at radius 1 is 1.04 bits per heavy atom. The van der Waals surface area contributed by atoms with Gasteiger partial charge in [-0.25, -0.2) is 8.78 Å². The second kappa shape index (κ2) is 8.10. The van der Waals surface area contributed by atoms with Crippen LogP contribution in [-0.2, 0) is 0 Å². The lowest BCUT2D eigenvalue weighted by Gasteiger charge is -2.04. The highest BCUT2D eigenvalue weighted by molar-refractivity contribution is 6.09. The molecule has 0 atom stereocenters. The summed E-state index contributed by atoms with van der Waals surface area (Å²) in [5.41, 5.74) is 1.72. The van der Waals surface area contributed by atoms with Crippen LogP contribution >= 0.6 is 0 Å². The molecule has 2 heterocycles. The number of rotatable bonds is 2. The molecule has 4 nitrogen and oxygen atoms in total. The Bertz CT molecular complexity index is 892. The molecular weight excluding hydrogens is 336 g/mol. The van der Waals surface area contributed by atoms with Crippen molar-refractivity contribution in [1.82, 2.24) is 15.6 Å². The average molecular weight is 357 g/mol. The van der Waals surface area contributed by atoms with E-state index in [0.717, 1.165) is 0 Å². The molecule has 1 fully saturated rings. The van der Waals surface area contributed by atoms with Gasteiger partial charge < -0.3 is 15.6 Å². The Balaban J connectivity index is 0.000000339. The van der Waals surface area contributed by atoms with E-state index in [1.807, 2.05) is 0 Å². The number of amides is 1. The van der Waals surface area contributed by atoms with Crippen molar-refractivity contribution >= 4 is 16.8 Å². The summed E-state index contributed by atoms with van der Waals surface area (Å²) in [6.45, 7) is 2.50. The average Bonchev–Trinajstić information content (AvgIpc) is 3.34. The molecule has 2 aromatic carbocycles. The topological polar surface area (TPSA) is 56.9 Å². The van der Waals surface area contributed by atoms with Gasteiger partial charge in [-0.3, -0.25) is 4.79 Å². The van der Waals surface area contributed by atoms with Gasteiger partial charge in [-0.15, -0.1) is 0 Å². The van der Waals surface area contributed by atoms with E-state index in [9.17, 15) is 13.6 Å². The molecule has 1 aliphatic rings. The zero-order valence-electron chi connectivity index (χ0n) is 14.5. The highest BCUT2D eigenvalue weighted by Gasteiger charge is 2.19. The molecule has 26 heavy (non-hydrogen) atoms. The summed E-state index contributed by atoms with van der Waals surface area (Å²) in [5.74, 6) is -1.16. The second-order valence-electron chi connectivity index (χ2n) is 6.08. The SMILES string of the molecule is C1CCNC1.CNC(=O)c1[nH]c2c(F)cccc2c1-c1ccc(F)cc1. The predicted octanol–water partition coefficient (Wildman–Crippen LogP) is 3.84. The summed E-state index contributed by atoms with van der Waals surface area (Å²) < 4.78 is 27.0. The number of hydrogen-bond donors (Lipinski definition) is 3. The summed E-state index contributed by atoms with van der Waals surface area (Å²) in [4.78, 5) is 14.8. The van der Waals surface area contributed by atoms with Crippen LogP contribution in [0.1, 0.15) is 23.3 Å². The summed E-state index contributed by atoms with van der Waals surface area (Å²) in [5, 5.41) is 6.32. The van der Waals surface area contributed by atoms with E-state index in [1.165, 1.54) is 51.2 Å². The molecule has 0 radical (unpaired) electrons. The van der Waals surface area contributed by atoms with Crippen molar-refractivity contribution in [2.75, 3.05) is 20.1 Å². The van der Waals surface area contributed by atoms with Crippen LogP contribution < -0.4 is 10.6 Å². The van der Waals surface area contributed by atoms with E-state index in [4.69, 9.17) is 0 Å². The van der Waals surface area contributed by atoms with Gasteiger partial charge in [0.15, 0.2) is 0 Å². The molecular formula is C20H21F2N3O. The summed E-state index contributed by atoms with van der Waals surface area (Å²) in [6, 6.07) is 10.4. The van der Waals surface area contributed by atoms with E-state index in [1.54, 1.807) is 24.3 Å². The third-order valence-electron chi connectivity index (χ3n) is 4.33. The molecule has 3 aromatic rings. The summed E-state index contributed by atoms with van der Waals surface area (Å²) in [6.07, 6.45) is 2.78. The normalized spacial score (nSPS) is 13.3. The van der Waals surface area contributed by atoms with Crippen molar-refractivity contribution in [3.63, 3.8) is 0 Å². The van der Waals surface area contributed by atoms with Crippen molar-refractivity contribution < 1.29 is 13.6 Å². The van der Waals surface area contributed by atoms with E-state index >= 15 is 0 Å². The molecule has 1 aliphatic heterocycles. The van der Waals surface area contributed by atoms with Crippen LogP contribution in [0.15, 0.2) is 42.5 Å². The molecule has 136 valence electrons. The molecule has 1 aromatic heterocycles. The Kier molecular flexibility index (Phi) is 5.63. The molecule has 4 rings (SSSR count). The Morgan fingerprint density at radius 3 is 2.31 bits per heavy atom. The lowest BCUT2D eigenvalue weighted by atomic mass is 10.0. The van der Waals surface area contributed by atoms with Gasteiger partial charge >= 0.3 is 0 Å². The first-order chi connectivity index (χ1) is 12.6. The maximum atomic E-state index is 13.9. The largest absolute Gasteiger partial charge is 0.354 e. The zero-order valence-corrected chi connectivity index (χ0v) is 14.5. The maximum Gasteiger partial charge on any atom is 0.268 e. The lowest BCUT2D eigenvalue weighted by Crippen LogP contribution is -2.18. The number of fused-ring (bicyclic) bond motifs is 1. The van der Waals surface area contributed by atoms with Crippen molar-refractivity contribution in [1.29, 1.82) is 0 Å². The minimum absolute atomic E-state index is 0.254. The van der Waals surface area contributed by atoms with Crippen molar-refractivity contribution in [2.45, 2.75) is 12.8 Å². The Labute approximate surface area is 150 Å². The number of nitrogens with one attached hydrogen (secondary N) is 3. The van der Waals surface area contributed by atoms with Crippen LogP contribution in [0.25, 0.3) is 22.0 Å². The van der Waals surface area contributed by atoms with Gasteiger partial charge in [-0.2, -0.15) is 0 Å². The number of H-pyrrole nitrogens is 1. The van der Waals surface area contributed by atoms with Gasteiger partial charge in [0.05, 0.1) is 5.52 Å². The number of halogens is 2. The number of para-hydroxylation sites is 1. The Morgan fingerprint density at radius 2 is 1.73 bits per heavy atom. The molecule has 0 spiro atoms. The predicted molar refractivity (Wildman–Crippen MR) is 99.1 cm³/mol. The highest BCUT2D eigenvalue weighted by Crippen LogP contribution is 2.33. The molecule has 3 N–H and O–H groups in total.